The Balaban J connectivity index is 1.61. The third-order valence-corrected chi connectivity index (χ3v) is 4.27. The van der Waals surface area contributed by atoms with Gasteiger partial charge in [0.25, 0.3) is 5.91 Å². The third-order valence-electron chi connectivity index (χ3n) is 3.10. The van der Waals surface area contributed by atoms with Crippen molar-refractivity contribution in [3.8, 4) is 0 Å². The van der Waals surface area contributed by atoms with Crippen molar-refractivity contribution in [3.05, 3.63) is 70.2 Å². The van der Waals surface area contributed by atoms with E-state index >= 15 is 0 Å². The first-order valence-corrected chi connectivity index (χ1v) is 8.43. The summed E-state index contributed by atoms with van der Waals surface area (Å²) in [6.45, 7) is 0. The van der Waals surface area contributed by atoms with Gasteiger partial charge in [0.1, 0.15) is 11.6 Å². The summed E-state index contributed by atoms with van der Waals surface area (Å²) in [7, 11) is 0. The number of carbonyl (C=O) groups is 1. The molecule has 0 saturated carbocycles. The maximum absolute atomic E-state index is 13.2. The van der Waals surface area contributed by atoms with Crippen molar-refractivity contribution in [2.75, 3.05) is 5.32 Å². The van der Waals surface area contributed by atoms with Gasteiger partial charge in [-0.25, -0.2) is 13.9 Å². The van der Waals surface area contributed by atoms with Crippen LogP contribution in [0.1, 0.15) is 15.9 Å². The first-order valence-electron chi connectivity index (χ1n) is 7.07. The number of amides is 1. The fourth-order valence-electron chi connectivity index (χ4n) is 1.96. The number of thioether (sulfide) groups is 1. The molecule has 128 valence electrons. The van der Waals surface area contributed by atoms with Crippen molar-refractivity contribution in [3.63, 3.8) is 0 Å². The number of anilines is 1. The number of H-pyrrole nitrogens is 1. The fraction of sp³-hybridized carbons (Fsp3) is 0.0625. The van der Waals surface area contributed by atoms with Crippen molar-refractivity contribution >= 4 is 35.2 Å². The number of halogens is 3. The molecule has 5 nitrogen and oxygen atoms in total. The van der Waals surface area contributed by atoms with Crippen molar-refractivity contribution in [1.29, 1.82) is 0 Å². The van der Waals surface area contributed by atoms with Gasteiger partial charge in [0.05, 0.1) is 0 Å². The largest absolute Gasteiger partial charge is 0.291 e. The average Bonchev–Trinajstić information content (AvgIpc) is 3.01. The minimum Gasteiger partial charge on any atom is -0.291 e. The zero-order chi connectivity index (χ0) is 17.8. The third kappa shape index (κ3) is 4.77. The van der Waals surface area contributed by atoms with Gasteiger partial charge in [-0.2, -0.15) is 4.98 Å². The number of aromatic amines is 1. The molecule has 2 aromatic carbocycles. The maximum Gasteiger partial charge on any atom is 0.258 e. The molecule has 3 aromatic rings. The van der Waals surface area contributed by atoms with Crippen LogP contribution in [0, 0.1) is 11.6 Å². The molecule has 0 saturated heterocycles. The number of hydrogen-bond donors (Lipinski definition) is 2. The van der Waals surface area contributed by atoms with E-state index in [-0.39, 0.29) is 11.5 Å². The number of benzene rings is 2. The Bertz CT molecular complexity index is 881. The lowest BCUT2D eigenvalue weighted by Gasteiger charge is -2.02. The first-order chi connectivity index (χ1) is 12.0. The molecule has 9 heteroatoms. The smallest absolute Gasteiger partial charge is 0.258 e. The van der Waals surface area contributed by atoms with E-state index in [9.17, 15) is 13.6 Å². The number of hydrogen-bond acceptors (Lipinski definition) is 4. The molecule has 0 spiro atoms. The zero-order valence-electron chi connectivity index (χ0n) is 12.6. The number of nitrogens with one attached hydrogen (secondary N) is 2. The Hall–Kier alpha value is -2.45. The summed E-state index contributed by atoms with van der Waals surface area (Å²) in [4.78, 5) is 16.1. The van der Waals surface area contributed by atoms with Crippen LogP contribution in [0.4, 0.5) is 14.7 Å². The van der Waals surface area contributed by atoms with E-state index < -0.39 is 17.5 Å². The minimum atomic E-state index is -0.832. The molecule has 1 amide bonds. The number of carbonyl (C=O) groups excluding carboxylic acids is 1. The molecule has 0 atom stereocenters. The maximum atomic E-state index is 13.2. The molecule has 0 fully saturated rings. The lowest BCUT2D eigenvalue weighted by molar-refractivity contribution is 0.102. The second-order valence-corrected chi connectivity index (χ2v) is 6.37. The summed E-state index contributed by atoms with van der Waals surface area (Å²) in [5.74, 6) is -1.64. The predicted molar refractivity (Wildman–Crippen MR) is 91.7 cm³/mol. The lowest BCUT2D eigenvalue weighted by Crippen LogP contribution is -2.13. The van der Waals surface area contributed by atoms with Crippen molar-refractivity contribution in [2.45, 2.75) is 10.9 Å². The van der Waals surface area contributed by atoms with Crippen LogP contribution < -0.4 is 5.32 Å². The van der Waals surface area contributed by atoms with E-state index in [0.29, 0.717) is 22.0 Å². The predicted octanol–water partition coefficient (Wildman–Crippen LogP) is 4.28. The first kappa shape index (κ1) is 17.4. The van der Waals surface area contributed by atoms with Gasteiger partial charge in [0.15, 0.2) is 0 Å². The van der Waals surface area contributed by atoms with Crippen LogP contribution in [-0.2, 0) is 5.75 Å². The van der Waals surface area contributed by atoms with Crippen LogP contribution in [0.2, 0.25) is 5.02 Å². The Labute approximate surface area is 150 Å². The molecular formula is C16H11ClF2N4OS. The van der Waals surface area contributed by atoms with Crippen molar-refractivity contribution in [1.82, 2.24) is 15.2 Å². The minimum absolute atomic E-state index is 0.0910. The van der Waals surface area contributed by atoms with E-state index in [1.165, 1.54) is 11.8 Å². The molecule has 1 heterocycles. The Morgan fingerprint density at radius 1 is 1.16 bits per heavy atom. The van der Waals surface area contributed by atoms with Gasteiger partial charge in [0.2, 0.25) is 11.1 Å². The molecule has 0 unspecified atom stereocenters. The normalized spacial score (nSPS) is 10.7. The molecule has 25 heavy (non-hydrogen) atoms. The summed E-state index contributed by atoms with van der Waals surface area (Å²) in [6, 6.07) is 9.93. The highest BCUT2D eigenvalue weighted by Gasteiger charge is 2.12. The van der Waals surface area contributed by atoms with E-state index in [2.05, 4.69) is 20.5 Å². The molecule has 2 N–H and O–H groups in total. The molecule has 3 rings (SSSR count). The summed E-state index contributed by atoms with van der Waals surface area (Å²) < 4.78 is 26.3. The van der Waals surface area contributed by atoms with Gasteiger partial charge in [-0.15, -0.1) is 5.10 Å². The zero-order valence-corrected chi connectivity index (χ0v) is 14.2. The standard InChI is InChI=1S/C16H11ClF2N4OS/c17-11-3-1-9(2-4-11)8-25-16-21-15(22-23-16)20-14(24)10-5-12(18)7-13(19)6-10/h1-7H,8H2,(H2,20,21,22,23,24). The molecule has 1 aromatic heterocycles. The van der Waals surface area contributed by atoms with E-state index in [0.717, 1.165) is 17.7 Å². The fourth-order valence-corrected chi connectivity index (χ4v) is 2.84. The van der Waals surface area contributed by atoms with Crippen LogP contribution in [-0.4, -0.2) is 21.1 Å². The van der Waals surface area contributed by atoms with Gasteiger partial charge >= 0.3 is 0 Å². The van der Waals surface area contributed by atoms with Gasteiger partial charge in [-0.1, -0.05) is 35.5 Å². The van der Waals surface area contributed by atoms with Crippen LogP contribution in [0.3, 0.4) is 0 Å². The summed E-state index contributed by atoms with van der Waals surface area (Å²) in [6.07, 6.45) is 0. The number of aromatic nitrogens is 3. The summed E-state index contributed by atoms with van der Waals surface area (Å²) in [5, 5.41) is 10.0. The van der Waals surface area contributed by atoms with Gasteiger partial charge in [-0.05, 0) is 29.8 Å². The van der Waals surface area contributed by atoms with Gasteiger partial charge in [0, 0.05) is 22.4 Å². The summed E-state index contributed by atoms with van der Waals surface area (Å²) in [5.41, 5.74) is 0.893. The quantitative estimate of drug-likeness (QED) is 0.648. The molecule has 0 bridgehead atoms. The average molecular weight is 381 g/mol. The van der Waals surface area contributed by atoms with E-state index in [4.69, 9.17) is 11.6 Å². The van der Waals surface area contributed by atoms with Gasteiger partial charge in [-0.3, -0.25) is 10.1 Å². The monoisotopic (exact) mass is 380 g/mol. The van der Waals surface area contributed by atoms with Crippen LogP contribution >= 0.6 is 23.4 Å². The highest BCUT2D eigenvalue weighted by molar-refractivity contribution is 7.98. The lowest BCUT2D eigenvalue weighted by atomic mass is 10.2. The topological polar surface area (TPSA) is 70.7 Å². The van der Waals surface area contributed by atoms with Crippen LogP contribution in [0.5, 0.6) is 0 Å². The SMILES string of the molecule is O=C(Nc1nc(SCc2ccc(Cl)cc2)n[nH]1)c1cc(F)cc(F)c1. The molecule has 0 aliphatic rings. The molecular weight excluding hydrogens is 370 g/mol. The van der Waals surface area contributed by atoms with E-state index in [1.807, 2.05) is 12.1 Å². The van der Waals surface area contributed by atoms with Crippen molar-refractivity contribution in [2.24, 2.45) is 0 Å². The van der Waals surface area contributed by atoms with Gasteiger partial charge < -0.3 is 0 Å². The Morgan fingerprint density at radius 2 is 1.84 bits per heavy atom. The van der Waals surface area contributed by atoms with Crippen LogP contribution in [0.15, 0.2) is 47.6 Å². The number of rotatable bonds is 5. The molecule has 0 aliphatic carbocycles. The summed E-state index contributed by atoms with van der Waals surface area (Å²) >= 11 is 7.19. The highest BCUT2D eigenvalue weighted by Crippen LogP contribution is 2.21. The highest BCUT2D eigenvalue weighted by atomic mass is 35.5. The molecule has 0 radical (unpaired) electrons. The second kappa shape index (κ2) is 7.62. The Morgan fingerprint density at radius 3 is 2.52 bits per heavy atom. The second-order valence-electron chi connectivity index (χ2n) is 4.99. The van der Waals surface area contributed by atoms with E-state index in [1.54, 1.807) is 12.1 Å². The molecule has 0 aliphatic heterocycles. The van der Waals surface area contributed by atoms with Crippen molar-refractivity contribution < 1.29 is 13.6 Å². The van der Waals surface area contributed by atoms with Crippen LogP contribution in [0.25, 0.3) is 0 Å². The number of nitrogens with zero attached hydrogens (tertiary/aromatic N) is 2. The Kier molecular flexibility index (Phi) is 5.30.